The van der Waals surface area contributed by atoms with Crippen molar-refractivity contribution in [1.82, 2.24) is 26.2 Å². The van der Waals surface area contributed by atoms with Gasteiger partial charge in [0.15, 0.2) is 17.3 Å². The lowest BCUT2D eigenvalue weighted by Gasteiger charge is -2.39. The second kappa shape index (κ2) is 18.2. The van der Waals surface area contributed by atoms with Gasteiger partial charge in [0.05, 0.1) is 17.0 Å². The van der Waals surface area contributed by atoms with Crippen molar-refractivity contribution in [2.75, 3.05) is 13.6 Å². The van der Waals surface area contributed by atoms with Gasteiger partial charge < -0.3 is 51.3 Å². The number of halogens is 1. The first-order chi connectivity index (χ1) is 25.7. The van der Waals surface area contributed by atoms with Crippen LogP contribution < -0.4 is 26.0 Å². The topological polar surface area (TPSA) is 261 Å². The van der Waals surface area contributed by atoms with Crippen LogP contribution in [0.3, 0.4) is 0 Å². The number of carbonyl (C=O) groups is 7. The number of carbonyl (C=O) groups excluding carboxylic acids is 5. The fourth-order valence-corrected chi connectivity index (χ4v) is 6.29. The summed E-state index contributed by atoms with van der Waals surface area (Å²) in [5.74, 6) is -9.82. The molecule has 298 valence electrons. The third-order valence-corrected chi connectivity index (χ3v) is 9.86. The number of aliphatic carboxylic acids is 2. The average Bonchev–Trinajstić information content (AvgIpc) is 3.62. The maximum atomic E-state index is 14.7. The number of Topliss-reactive ketones (excluding diaryl/α,β-unsaturated/α-hetero) is 1. The molecule has 0 saturated heterocycles. The number of phenolic OH excluding ortho intramolecular Hbond substituents is 1. The van der Waals surface area contributed by atoms with Crippen LogP contribution in [0.2, 0.25) is 5.02 Å². The number of carboxylic acid groups (broad SMARTS) is 2. The van der Waals surface area contributed by atoms with Gasteiger partial charge in [-0.05, 0) is 63.9 Å². The molecule has 8 N–H and O–H groups in total. The van der Waals surface area contributed by atoms with Gasteiger partial charge in [-0.3, -0.25) is 24.0 Å². The Kier molecular flexibility index (Phi) is 14.5. The number of benzene rings is 1. The summed E-state index contributed by atoms with van der Waals surface area (Å²) in [4.78, 5) is 93.2. The number of ether oxygens (including phenoxy) is 1. The molecular weight excluding hydrogens is 742 g/mol. The number of hydrogen-bond donors (Lipinski definition) is 8. The fraction of sp³-hybridized carbons (Fsp3) is 0.432. The molecule has 3 rings (SSSR count). The zero-order valence-electron chi connectivity index (χ0n) is 31.2. The van der Waals surface area contributed by atoms with Crippen LogP contribution in [0.15, 0.2) is 59.5 Å². The number of aliphatic hydroxyl groups is 1. The largest absolute Gasteiger partial charge is 0.503 e. The summed E-state index contributed by atoms with van der Waals surface area (Å²) >= 11 is 6.35. The smallest absolute Gasteiger partial charge is 0.352 e. The maximum absolute atomic E-state index is 14.7. The molecule has 1 aromatic carbocycles. The van der Waals surface area contributed by atoms with E-state index in [1.54, 1.807) is 13.8 Å². The van der Waals surface area contributed by atoms with E-state index in [0.717, 1.165) is 4.90 Å². The summed E-state index contributed by atoms with van der Waals surface area (Å²) in [6.07, 6.45) is 1.30. The molecule has 0 unspecified atom stereocenters. The third-order valence-electron chi connectivity index (χ3n) is 9.58. The minimum Gasteiger partial charge on any atom is -0.503 e. The molecule has 4 amide bonds. The molecule has 2 aliphatic heterocycles. The van der Waals surface area contributed by atoms with Gasteiger partial charge in [-0.15, -0.1) is 0 Å². The standard InChI is InChI=1S/C37H46ClN5O12/c1-8-18(5)28(33(50)40-22(36(53)54)16-26(45)46)42-32(49)23-11-10-12-43(23)35(52)20-15-24(44)27(17(3)4)41-34(51)29(39-7)30(47)19-13-21(38)31(48)25(14-19)55-37(20,6)9-2/h10-11,13-14,16,20,23,27,29-30,39,47-48H,3,8-9,12,15H2,1-2,4-7H3,(H,40,50)(H,41,51)(H,42,49)(H,45,46)(H,53,54)/b22-16+,28-18+/t20-,23+,27+,29+,30+,37-/m1/s1. The Labute approximate surface area is 322 Å². The minimum absolute atomic E-state index is 0.0421. The Morgan fingerprint density at radius 1 is 1.13 bits per heavy atom. The Morgan fingerprint density at radius 3 is 2.33 bits per heavy atom. The highest BCUT2D eigenvalue weighted by Crippen LogP contribution is 2.42. The highest BCUT2D eigenvalue weighted by Gasteiger charge is 2.47. The van der Waals surface area contributed by atoms with Crippen molar-refractivity contribution in [3.63, 3.8) is 0 Å². The van der Waals surface area contributed by atoms with Crippen molar-refractivity contribution < 1.29 is 58.7 Å². The fourth-order valence-electron chi connectivity index (χ4n) is 6.07. The van der Waals surface area contributed by atoms with Crippen LogP contribution >= 0.6 is 11.6 Å². The molecule has 2 bridgehead atoms. The number of amides is 4. The van der Waals surface area contributed by atoms with Gasteiger partial charge in [0.25, 0.3) is 11.8 Å². The molecule has 0 radical (unpaired) electrons. The van der Waals surface area contributed by atoms with Gasteiger partial charge in [-0.25, -0.2) is 9.59 Å². The monoisotopic (exact) mass is 787 g/mol. The van der Waals surface area contributed by atoms with Crippen LogP contribution in [-0.2, 0) is 33.6 Å². The van der Waals surface area contributed by atoms with E-state index in [4.69, 9.17) is 21.4 Å². The maximum Gasteiger partial charge on any atom is 0.352 e. The molecular formula is C37H46ClN5O12. The molecule has 2 heterocycles. The Hall–Kier alpha value is -5.52. The van der Waals surface area contributed by atoms with E-state index in [-0.39, 0.29) is 58.6 Å². The van der Waals surface area contributed by atoms with Crippen molar-refractivity contribution in [3.8, 4) is 11.5 Å². The van der Waals surface area contributed by atoms with Gasteiger partial charge in [-0.2, -0.15) is 0 Å². The number of phenols is 1. The number of rotatable bonds is 11. The SMILES string of the molecule is C=C(C)[C@@H]1NC(=O)[C@@H](NC)[C@@H](O)c2cc(Cl)c(O)c(c2)O[C@](C)(CC)[C@@H](C(=O)N2CC=C[C@H]2C(=O)N/C(C(=O)N/C(=C/C(=O)O)C(=O)O)=C(\C)CC)CC1=O. The number of fused-ring (bicyclic) bond motifs is 2. The number of aliphatic hydroxyl groups excluding tert-OH is 1. The summed E-state index contributed by atoms with van der Waals surface area (Å²) < 4.78 is 6.35. The van der Waals surface area contributed by atoms with Crippen LogP contribution in [0, 0.1) is 5.92 Å². The Bertz CT molecular complexity index is 1870. The van der Waals surface area contributed by atoms with Crippen molar-refractivity contribution in [3.05, 3.63) is 70.1 Å². The molecule has 18 heteroatoms. The molecule has 0 spiro atoms. The third kappa shape index (κ3) is 9.97. The average molecular weight is 788 g/mol. The van der Waals surface area contributed by atoms with Crippen molar-refractivity contribution in [2.45, 2.75) is 83.7 Å². The first-order valence-corrected chi connectivity index (χ1v) is 17.6. The van der Waals surface area contributed by atoms with Crippen LogP contribution in [-0.4, -0.2) is 104 Å². The molecule has 0 saturated carbocycles. The Morgan fingerprint density at radius 2 is 1.78 bits per heavy atom. The van der Waals surface area contributed by atoms with E-state index >= 15 is 0 Å². The first kappa shape index (κ1) is 43.9. The van der Waals surface area contributed by atoms with Gasteiger partial charge >= 0.3 is 11.9 Å². The van der Waals surface area contributed by atoms with E-state index in [1.165, 1.54) is 52.1 Å². The van der Waals surface area contributed by atoms with Gasteiger partial charge in [-0.1, -0.05) is 49.8 Å². The number of hydrogen-bond acceptors (Lipinski definition) is 11. The highest BCUT2D eigenvalue weighted by molar-refractivity contribution is 6.32. The number of ketones is 1. The molecule has 1 aromatic rings. The zero-order valence-corrected chi connectivity index (χ0v) is 31.9. The predicted molar refractivity (Wildman–Crippen MR) is 197 cm³/mol. The number of likely N-dealkylation sites (N-methyl/N-ethyl adjacent to an activating group) is 1. The number of carboxylic acids is 2. The van der Waals surface area contributed by atoms with Gasteiger partial charge in [0.2, 0.25) is 11.8 Å². The quantitative estimate of drug-likeness (QED) is 0.117. The van der Waals surface area contributed by atoms with Gasteiger partial charge in [0, 0.05) is 13.0 Å². The molecule has 0 aromatic heterocycles. The van der Waals surface area contributed by atoms with Crippen molar-refractivity contribution in [1.29, 1.82) is 0 Å². The molecule has 0 aliphatic carbocycles. The van der Waals surface area contributed by atoms with Gasteiger partial charge in [0.1, 0.15) is 41.2 Å². The van der Waals surface area contributed by atoms with Crippen LogP contribution in [0.1, 0.15) is 65.5 Å². The molecule has 17 nitrogen and oxygen atoms in total. The van der Waals surface area contributed by atoms with Crippen molar-refractivity contribution in [2.24, 2.45) is 5.92 Å². The van der Waals surface area contributed by atoms with E-state index in [1.807, 2.05) is 5.32 Å². The van der Waals surface area contributed by atoms with E-state index < -0.39 is 95.0 Å². The number of allylic oxidation sites excluding steroid dienone is 1. The molecule has 0 fully saturated rings. The van der Waals surface area contributed by atoms with Crippen LogP contribution in [0.5, 0.6) is 11.5 Å². The lowest BCUT2D eigenvalue weighted by Crippen LogP contribution is -2.56. The number of nitrogens with one attached hydrogen (secondary N) is 4. The second-order valence-corrected chi connectivity index (χ2v) is 13.8. The van der Waals surface area contributed by atoms with E-state index in [0.29, 0.717) is 0 Å². The van der Waals surface area contributed by atoms with Crippen LogP contribution in [0.25, 0.3) is 0 Å². The van der Waals surface area contributed by atoms with Crippen molar-refractivity contribution >= 4 is 53.0 Å². The summed E-state index contributed by atoms with van der Waals surface area (Å²) in [5, 5.41) is 50.1. The zero-order chi connectivity index (χ0) is 41.5. The second-order valence-electron chi connectivity index (χ2n) is 13.4. The summed E-state index contributed by atoms with van der Waals surface area (Å²) in [6, 6.07) is -1.50. The number of aromatic hydroxyl groups is 1. The lowest BCUT2D eigenvalue weighted by atomic mass is 9.80. The summed E-state index contributed by atoms with van der Waals surface area (Å²) in [7, 11) is 1.42. The Balaban J connectivity index is 2.11. The summed E-state index contributed by atoms with van der Waals surface area (Å²) in [6.45, 7) is 11.5. The molecule has 55 heavy (non-hydrogen) atoms. The highest BCUT2D eigenvalue weighted by atomic mass is 35.5. The van der Waals surface area contributed by atoms with E-state index in [2.05, 4.69) is 22.5 Å². The molecule has 2 aliphatic rings. The van der Waals surface area contributed by atoms with Crippen LogP contribution in [0.4, 0.5) is 0 Å². The lowest BCUT2D eigenvalue weighted by molar-refractivity contribution is -0.149. The first-order valence-electron chi connectivity index (χ1n) is 17.2. The minimum atomic E-state index is -1.75. The summed E-state index contributed by atoms with van der Waals surface area (Å²) in [5.41, 5.74) is -2.39. The normalized spacial score (nSPS) is 24.9. The molecule has 6 atom stereocenters. The number of nitrogens with zero attached hydrogens (tertiary/aromatic N) is 1. The predicted octanol–water partition coefficient (Wildman–Crippen LogP) is 1.60. The van der Waals surface area contributed by atoms with E-state index in [9.17, 15) is 48.9 Å².